The fourth-order valence-electron chi connectivity index (χ4n) is 1.85. The Bertz CT molecular complexity index is 438. The lowest BCUT2D eigenvalue weighted by Crippen LogP contribution is -2.32. The zero-order valence-corrected chi connectivity index (χ0v) is 11.6. The van der Waals surface area contributed by atoms with Gasteiger partial charge < -0.3 is 14.8 Å². The van der Waals surface area contributed by atoms with E-state index in [1.807, 2.05) is 6.92 Å². The predicted octanol–water partition coefficient (Wildman–Crippen LogP) is 2.60. The minimum absolute atomic E-state index is 0.0165. The number of hydrogen-bond acceptors (Lipinski definition) is 3. The molecule has 5 heteroatoms. The molecule has 0 bridgehead atoms. The van der Waals surface area contributed by atoms with Crippen LogP contribution >= 0.6 is 0 Å². The van der Waals surface area contributed by atoms with Gasteiger partial charge in [-0.2, -0.15) is 0 Å². The molecule has 106 valence electrons. The molecule has 1 amide bonds. The Labute approximate surface area is 113 Å². The Morgan fingerprint density at radius 2 is 2.05 bits per heavy atom. The maximum absolute atomic E-state index is 11.9. The van der Waals surface area contributed by atoms with E-state index in [0.717, 1.165) is 12.8 Å². The molecule has 2 N–H and O–H groups in total. The van der Waals surface area contributed by atoms with Crippen LogP contribution in [0.15, 0.2) is 16.7 Å². The summed E-state index contributed by atoms with van der Waals surface area (Å²) >= 11 is 0. The number of aryl methyl sites for hydroxylation is 1. The normalized spacial score (nSPS) is 13.8. The second-order valence-electron chi connectivity index (χ2n) is 4.94. The van der Waals surface area contributed by atoms with Crippen LogP contribution in [0.5, 0.6) is 0 Å². The van der Waals surface area contributed by atoms with Crippen molar-refractivity contribution in [2.75, 3.05) is 0 Å². The molecule has 5 nitrogen and oxygen atoms in total. The number of nitrogens with one attached hydrogen (secondary N) is 1. The highest BCUT2D eigenvalue weighted by molar-refractivity contribution is 5.95. The van der Waals surface area contributed by atoms with Gasteiger partial charge in [0.05, 0.1) is 17.7 Å². The van der Waals surface area contributed by atoms with E-state index in [2.05, 4.69) is 5.32 Å². The Morgan fingerprint density at radius 1 is 1.37 bits per heavy atom. The van der Waals surface area contributed by atoms with E-state index in [1.54, 1.807) is 19.9 Å². The van der Waals surface area contributed by atoms with Gasteiger partial charge in [0.2, 0.25) is 0 Å². The average molecular weight is 267 g/mol. The third-order valence-corrected chi connectivity index (χ3v) is 3.18. The zero-order chi connectivity index (χ0) is 14.4. The first-order valence-corrected chi connectivity index (χ1v) is 6.49. The summed E-state index contributed by atoms with van der Waals surface area (Å²) in [6.07, 6.45) is 3.66. The third kappa shape index (κ3) is 4.77. The van der Waals surface area contributed by atoms with Gasteiger partial charge in [0.1, 0.15) is 5.76 Å². The third-order valence-electron chi connectivity index (χ3n) is 3.18. The summed E-state index contributed by atoms with van der Waals surface area (Å²) in [5, 5.41) is 11.6. The Kier molecular flexibility index (Phi) is 5.60. The summed E-state index contributed by atoms with van der Waals surface area (Å²) in [5.74, 6) is -0.654. The first-order chi connectivity index (χ1) is 8.91. The number of carbonyl (C=O) groups is 2. The van der Waals surface area contributed by atoms with Crippen LogP contribution in [0.3, 0.4) is 0 Å². The van der Waals surface area contributed by atoms with Crippen molar-refractivity contribution < 1.29 is 19.1 Å². The fourth-order valence-corrected chi connectivity index (χ4v) is 1.85. The Balaban J connectivity index is 2.32. The molecule has 0 saturated heterocycles. The molecule has 1 heterocycles. The quantitative estimate of drug-likeness (QED) is 0.795. The molecular formula is C14H21NO4. The molecule has 1 aromatic heterocycles. The lowest BCUT2D eigenvalue weighted by atomic mass is 10.0. The topological polar surface area (TPSA) is 79.5 Å². The maximum Gasteiger partial charge on any atom is 0.306 e. The van der Waals surface area contributed by atoms with Crippen molar-refractivity contribution in [3.8, 4) is 0 Å². The Hall–Kier alpha value is -1.78. The molecule has 0 saturated carbocycles. The molecule has 1 rings (SSSR count). The van der Waals surface area contributed by atoms with E-state index >= 15 is 0 Å². The second-order valence-corrected chi connectivity index (χ2v) is 4.94. The summed E-state index contributed by atoms with van der Waals surface area (Å²) in [4.78, 5) is 22.5. The van der Waals surface area contributed by atoms with Crippen molar-refractivity contribution in [2.45, 2.75) is 46.1 Å². The molecule has 0 aromatic carbocycles. The average Bonchev–Trinajstić information content (AvgIpc) is 2.75. The summed E-state index contributed by atoms with van der Waals surface area (Å²) in [5.41, 5.74) is 0.547. The SMILES string of the molecule is Cc1occc1C(=O)NC(C)CCCC(C)C(=O)O. The number of rotatable bonds is 7. The van der Waals surface area contributed by atoms with Crippen LogP contribution in [-0.2, 0) is 4.79 Å². The van der Waals surface area contributed by atoms with E-state index in [1.165, 1.54) is 6.26 Å². The van der Waals surface area contributed by atoms with E-state index in [9.17, 15) is 9.59 Å². The molecule has 0 aliphatic heterocycles. The molecule has 0 aliphatic carbocycles. The predicted molar refractivity (Wildman–Crippen MR) is 71.0 cm³/mol. The molecule has 0 radical (unpaired) electrons. The summed E-state index contributed by atoms with van der Waals surface area (Å²) in [6, 6.07) is 1.66. The number of furan rings is 1. The van der Waals surface area contributed by atoms with Crippen LogP contribution in [0, 0.1) is 12.8 Å². The van der Waals surface area contributed by atoms with Crippen molar-refractivity contribution in [1.29, 1.82) is 0 Å². The minimum Gasteiger partial charge on any atom is -0.481 e. The molecule has 2 atom stereocenters. The highest BCUT2D eigenvalue weighted by Crippen LogP contribution is 2.12. The lowest BCUT2D eigenvalue weighted by molar-refractivity contribution is -0.141. The van der Waals surface area contributed by atoms with Gasteiger partial charge in [0.25, 0.3) is 5.91 Å². The minimum atomic E-state index is -0.772. The number of carboxylic acid groups (broad SMARTS) is 1. The van der Waals surface area contributed by atoms with Gasteiger partial charge >= 0.3 is 5.97 Å². The number of amides is 1. The van der Waals surface area contributed by atoms with Crippen molar-refractivity contribution in [1.82, 2.24) is 5.32 Å². The lowest BCUT2D eigenvalue weighted by Gasteiger charge is -2.14. The van der Waals surface area contributed by atoms with E-state index in [0.29, 0.717) is 17.7 Å². The van der Waals surface area contributed by atoms with Crippen LogP contribution in [0.25, 0.3) is 0 Å². The van der Waals surface area contributed by atoms with Crippen molar-refractivity contribution in [3.05, 3.63) is 23.7 Å². The van der Waals surface area contributed by atoms with Gasteiger partial charge in [-0.25, -0.2) is 0 Å². The molecule has 0 aliphatic rings. The van der Waals surface area contributed by atoms with Crippen LogP contribution in [-0.4, -0.2) is 23.0 Å². The van der Waals surface area contributed by atoms with Crippen molar-refractivity contribution in [2.24, 2.45) is 5.92 Å². The molecule has 2 unspecified atom stereocenters. The standard InChI is InChI=1S/C14H21NO4/c1-9(14(17)18)5-4-6-10(2)15-13(16)12-7-8-19-11(12)3/h7-10H,4-6H2,1-3H3,(H,15,16)(H,17,18). The van der Waals surface area contributed by atoms with Gasteiger partial charge in [0, 0.05) is 6.04 Å². The van der Waals surface area contributed by atoms with Crippen LogP contribution < -0.4 is 5.32 Å². The van der Waals surface area contributed by atoms with Crippen LogP contribution in [0.4, 0.5) is 0 Å². The molecular weight excluding hydrogens is 246 g/mol. The number of carbonyl (C=O) groups excluding carboxylic acids is 1. The molecule has 0 fully saturated rings. The molecule has 1 aromatic rings. The summed E-state index contributed by atoms with van der Waals surface area (Å²) in [7, 11) is 0. The van der Waals surface area contributed by atoms with E-state index < -0.39 is 5.97 Å². The highest BCUT2D eigenvalue weighted by Gasteiger charge is 2.15. The van der Waals surface area contributed by atoms with Gasteiger partial charge in [-0.05, 0) is 32.8 Å². The van der Waals surface area contributed by atoms with Gasteiger partial charge in [-0.15, -0.1) is 0 Å². The highest BCUT2D eigenvalue weighted by atomic mass is 16.4. The van der Waals surface area contributed by atoms with Gasteiger partial charge in [-0.3, -0.25) is 9.59 Å². The molecule has 0 spiro atoms. The smallest absolute Gasteiger partial charge is 0.306 e. The van der Waals surface area contributed by atoms with E-state index in [-0.39, 0.29) is 17.9 Å². The van der Waals surface area contributed by atoms with Crippen molar-refractivity contribution in [3.63, 3.8) is 0 Å². The Morgan fingerprint density at radius 3 is 2.58 bits per heavy atom. The van der Waals surface area contributed by atoms with Crippen molar-refractivity contribution >= 4 is 11.9 Å². The monoisotopic (exact) mass is 267 g/mol. The maximum atomic E-state index is 11.9. The second kappa shape index (κ2) is 6.97. The first-order valence-electron chi connectivity index (χ1n) is 6.49. The number of hydrogen-bond donors (Lipinski definition) is 2. The van der Waals surface area contributed by atoms with Crippen LogP contribution in [0.2, 0.25) is 0 Å². The van der Waals surface area contributed by atoms with E-state index in [4.69, 9.17) is 9.52 Å². The number of aliphatic carboxylic acids is 1. The zero-order valence-electron chi connectivity index (χ0n) is 11.6. The number of carboxylic acids is 1. The van der Waals surface area contributed by atoms with Gasteiger partial charge in [0.15, 0.2) is 0 Å². The van der Waals surface area contributed by atoms with Crippen LogP contribution in [0.1, 0.15) is 49.2 Å². The first kappa shape index (κ1) is 15.3. The molecule has 19 heavy (non-hydrogen) atoms. The fraction of sp³-hybridized carbons (Fsp3) is 0.571. The summed E-state index contributed by atoms with van der Waals surface area (Å²) in [6.45, 7) is 5.35. The summed E-state index contributed by atoms with van der Waals surface area (Å²) < 4.78 is 5.08. The van der Waals surface area contributed by atoms with Gasteiger partial charge in [-0.1, -0.05) is 13.3 Å². The largest absolute Gasteiger partial charge is 0.481 e.